The molecule has 3 rings (SSSR count). The third-order valence-electron chi connectivity index (χ3n) is 3.71. The zero-order valence-corrected chi connectivity index (χ0v) is 14.8. The number of hydrogen-bond donors (Lipinski definition) is 1. The van der Waals surface area contributed by atoms with E-state index in [1.807, 2.05) is 35.0 Å². The lowest BCUT2D eigenvalue weighted by atomic mass is 10.2. The molecule has 0 aliphatic carbocycles. The van der Waals surface area contributed by atoms with Crippen LogP contribution in [0.5, 0.6) is 5.75 Å². The standard InChI is InChI=1S/C17H17N3O4S/c1-10-15(16(22)24-3)19-17(25-10)18-14(21)9-20-7-6-11-8-12(23-2)4-5-13(11)20/h4-8H,9H2,1-3H3,(H,18,19,21). The van der Waals surface area contributed by atoms with Crippen LogP contribution in [0.1, 0.15) is 15.4 Å². The number of ether oxygens (including phenoxy) is 2. The Hall–Kier alpha value is -2.87. The van der Waals surface area contributed by atoms with Gasteiger partial charge in [0.05, 0.1) is 14.2 Å². The molecule has 3 aromatic rings. The van der Waals surface area contributed by atoms with E-state index in [0.717, 1.165) is 16.7 Å². The van der Waals surface area contributed by atoms with Crippen molar-refractivity contribution in [1.29, 1.82) is 0 Å². The summed E-state index contributed by atoms with van der Waals surface area (Å²) in [4.78, 5) is 28.7. The number of aryl methyl sites for hydroxylation is 1. The van der Waals surface area contributed by atoms with Crippen molar-refractivity contribution >= 4 is 39.2 Å². The normalized spacial score (nSPS) is 10.7. The monoisotopic (exact) mass is 359 g/mol. The fraction of sp³-hybridized carbons (Fsp3) is 0.235. The van der Waals surface area contributed by atoms with Crippen molar-refractivity contribution in [1.82, 2.24) is 9.55 Å². The van der Waals surface area contributed by atoms with Crippen LogP contribution in [-0.2, 0) is 16.1 Å². The fourth-order valence-electron chi connectivity index (χ4n) is 2.49. The van der Waals surface area contributed by atoms with Gasteiger partial charge in [0.25, 0.3) is 0 Å². The average Bonchev–Trinajstić information content (AvgIpc) is 3.17. The van der Waals surface area contributed by atoms with E-state index in [-0.39, 0.29) is 18.1 Å². The highest BCUT2D eigenvalue weighted by molar-refractivity contribution is 7.16. The van der Waals surface area contributed by atoms with Gasteiger partial charge >= 0.3 is 5.97 Å². The molecule has 2 aromatic heterocycles. The second kappa shape index (κ2) is 6.94. The van der Waals surface area contributed by atoms with Gasteiger partial charge in [0.1, 0.15) is 12.3 Å². The number of methoxy groups -OCH3 is 2. The predicted octanol–water partition coefficient (Wildman–Crippen LogP) is 2.84. The van der Waals surface area contributed by atoms with E-state index in [0.29, 0.717) is 10.0 Å². The maximum absolute atomic E-state index is 12.3. The third-order valence-corrected chi connectivity index (χ3v) is 4.60. The molecule has 0 fully saturated rings. The Morgan fingerprint density at radius 2 is 2.08 bits per heavy atom. The number of hydrogen-bond acceptors (Lipinski definition) is 6. The minimum absolute atomic E-state index is 0.141. The molecule has 0 atom stereocenters. The summed E-state index contributed by atoms with van der Waals surface area (Å²) in [7, 11) is 2.91. The van der Waals surface area contributed by atoms with Gasteiger partial charge in [-0.1, -0.05) is 0 Å². The minimum atomic E-state index is -0.514. The van der Waals surface area contributed by atoms with Crippen LogP contribution >= 0.6 is 11.3 Å². The second-order valence-corrected chi connectivity index (χ2v) is 6.54. The van der Waals surface area contributed by atoms with Gasteiger partial charge in [-0.2, -0.15) is 0 Å². The quantitative estimate of drug-likeness (QED) is 0.708. The molecule has 1 aromatic carbocycles. The predicted molar refractivity (Wildman–Crippen MR) is 95.3 cm³/mol. The van der Waals surface area contributed by atoms with Crippen LogP contribution in [0.15, 0.2) is 30.5 Å². The third kappa shape index (κ3) is 3.48. The lowest BCUT2D eigenvalue weighted by molar-refractivity contribution is -0.116. The summed E-state index contributed by atoms with van der Waals surface area (Å²) in [5, 5.41) is 4.09. The van der Waals surface area contributed by atoms with Crippen molar-refractivity contribution in [2.45, 2.75) is 13.5 Å². The van der Waals surface area contributed by atoms with Crippen LogP contribution in [0.2, 0.25) is 0 Å². The summed E-state index contributed by atoms with van der Waals surface area (Å²) in [6.45, 7) is 1.90. The van der Waals surface area contributed by atoms with Crippen molar-refractivity contribution < 1.29 is 19.1 Å². The number of carbonyl (C=O) groups excluding carboxylic acids is 2. The summed E-state index contributed by atoms with van der Waals surface area (Å²) < 4.78 is 11.7. The molecule has 0 saturated carbocycles. The zero-order valence-electron chi connectivity index (χ0n) is 14.0. The topological polar surface area (TPSA) is 82.5 Å². The number of anilines is 1. The van der Waals surface area contributed by atoms with E-state index in [1.165, 1.54) is 18.4 Å². The summed E-state index contributed by atoms with van der Waals surface area (Å²) in [5.74, 6) is 0.0291. The zero-order chi connectivity index (χ0) is 18.0. The Bertz CT molecular complexity index is 945. The van der Waals surface area contributed by atoms with Crippen molar-refractivity contribution in [3.8, 4) is 5.75 Å². The van der Waals surface area contributed by atoms with E-state index in [4.69, 9.17) is 4.74 Å². The number of carbonyl (C=O) groups is 2. The highest BCUT2D eigenvalue weighted by Crippen LogP contribution is 2.24. The Balaban J connectivity index is 1.74. The van der Waals surface area contributed by atoms with E-state index < -0.39 is 5.97 Å². The fourth-order valence-corrected chi connectivity index (χ4v) is 3.31. The molecule has 0 aliphatic heterocycles. The van der Waals surface area contributed by atoms with Gasteiger partial charge in [-0.3, -0.25) is 4.79 Å². The number of esters is 1. The lowest BCUT2D eigenvalue weighted by Crippen LogP contribution is -2.18. The summed E-state index contributed by atoms with van der Waals surface area (Å²) in [6.07, 6.45) is 1.84. The molecule has 0 spiro atoms. The van der Waals surface area contributed by atoms with Crippen LogP contribution in [0.25, 0.3) is 10.9 Å². The average molecular weight is 359 g/mol. The van der Waals surface area contributed by atoms with Crippen LogP contribution in [0.3, 0.4) is 0 Å². The number of rotatable bonds is 5. The van der Waals surface area contributed by atoms with Crippen molar-refractivity contribution in [3.05, 3.63) is 41.0 Å². The SMILES string of the molecule is COC(=O)c1nc(NC(=O)Cn2ccc3cc(OC)ccc32)sc1C. The molecule has 130 valence electrons. The molecule has 1 N–H and O–H groups in total. The first-order valence-electron chi connectivity index (χ1n) is 7.50. The van der Waals surface area contributed by atoms with Gasteiger partial charge in [0.15, 0.2) is 10.8 Å². The van der Waals surface area contributed by atoms with Crippen LogP contribution < -0.4 is 10.1 Å². The Kier molecular flexibility index (Phi) is 4.71. The number of thiazole rings is 1. The summed E-state index contributed by atoms with van der Waals surface area (Å²) in [5.41, 5.74) is 1.16. The maximum Gasteiger partial charge on any atom is 0.357 e. The first kappa shape index (κ1) is 17.0. The number of aromatic nitrogens is 2. The Morgan fingerprint density at radius 3 is 2.80 bits per heavy atom. The molecule has 0 bridgehead atoms. The van der Waals surface area contributed by atoms with E-state index in [2.05, 4.69) is 15.0 Å². The molecule has 1 amide bonds. The number of fused-ring (bicyclic) bond motifs is 1. The van der Waals surface area contributed by atoms with Gasteiger partial charge < -0.3 is 19.4 Å². The van der Waals surface area contributed by atoms with Gasteiger partial charge in [0.2, 0.25) is 5.91 Å². The molecule has 7 nitrogen and oxygen atoms in total. The number of nitrogens with zero attached hydrogens (tertiary/aromatic N) is 2. The van der Waals surface area contributed by atoms with Crippen molar-refractivity contribution in [3.63, 3.8) is 0 Å². The molecule has 0 saturated heterocycles. The molecular formula is C17H17N3O4S. The van der Waals surface area contributed by atoms with Gasteiger partial charge in [-0.15, -0.1) is 11.3 Å². The number of amides is 1. The highest BCUT2D eigenvalue weighted by Gasteiger charge is 2.17. The summed E-state index contributed by atoms with van der Waals surface area (Å²) in [6, 6.07) is 7.60. The molecule has 0 radical (unpaired) electrons. The van der Waals surface area contributed by atoms with Crippen molar-refractivity contribution in [2.75, 3.05) is 19.5 Å². The molecule has 0 aliphatic rings. The Labute approximate surface area is 148 Å². The van der Waals surface area contributed by atoms with E-state index in [9.17, 15) is 9.59 Å². The lowest BCUT2D eigenvalue weighted by Gasteiger charge is -2.06. The first-order valence-corrected chi connectivity index (χ1v) is 8.32. The first-order chi connectivity index (χ1) is 12.0. The molecule has 0 unspecified atom stereocenters. The van der Waals surface area contributed by atoms with Crippen LogP contribution in [0.4, 0.5) is 5.13 Å². The maximum atomic E-state index is 12.3. The van der Waals surface area contributed by atoms with Gasteiger partial charge in [-0.25, -0.2) is 9.78 Å². The summed E-state index contributed by atoms with van der Waals surface area (Å²) >= 11 is 1.24. The second-order valence-electron chi connectivity index (χ2n) is 5.33. The number of benzene rings is 1. The van der Waals surface area contributed by atoms with Crippen LogP contribution in [-0.4, -0.2) is 35.6 Å². The van der Waals surface area contributed by atoms with E-state index in [1.54, 1.807) is 14.0 Å². The number of nitrogens with one attached hydrogen (secondary N) is 1. The Morgan fingerprint density at radius 1 is 1.28 bits per heavy atom. The largest absolute Gasteiger partial charge is 0.497 e. The molecule has 25 heavy (non-hydrogen) atoms. The molecule has 2 heterocycles. The molecular weight excluding hydrogens is 342 g/mol. The van der Waals surface area contributed by atoms with Gasteiger partial charge in [0, 0.05) is 22.0 Å². The van der Waals surface area contributed by atoms with Gasteiger partial charge in [-0.05, 0) is 31.2 Å². The van der Waals surface area contributed by atoms with E-state index >= 15 is 0 Å². The highest BCUT2D eigenvalue weighted by atomic mass is 32.1. The smallest absolute Gasteiger partial charge is 0.357 e. The minimum Gasteiger partial charge on any atom is -0.497 e. The van der Waals surface area contributed by atoms with Crippen LogP contribution in [0, 0.1) is 6.92 Å². The molecule has 8 heteroatoms. The van der Waals surface area contributed by atoms with Crippen molar-refractivity contribution in [2.24, 2.45) is 0 Å².